The molecular weight excluding hydrogens is 229 g/mol. The molecule has 1 unspecified atom stereocenters. The van der Waals surface area contributed by atoms with E-state index in [1.165, 1.54) is 12.1 Å². The molecule has 1 aliphatic rings. The van der Waals surface area contributed by atoms with E-state index in [9.17, 15) is 4.39 Å². The molecule has 0 aliphatic carbocycles. The fraction of sp³-hybridized carbons (Fsp3) is 0.300. The molecule has 0 radical (unpaired) electrons. The van der Waals surface area contributed by atoms with E-state index < -0.39 is 0 Å². The first-order chi connectivity index (χ1) is 7.66. The fourth-order valence-corrected chi connectivity index (χ4v) is 1.41. The van der Waals surface area contributed by atoms with Crippen LogP contribution < -0.4 is 4.74 Å². The largest absolute Gasteiger partial charge is 0.489 e. The van der Waals surface area contributed by atoms with Crippen molar-refractivity contribution < 1.29 is 9.13 Å². The van der Waals surface area contributed by atoms with Crippen LogP contribution in [0.4, 0.5) is 4.39 Å². The maximum atomic E-state index is 12.6. The molecule has 0 amide bonds. The Kier molecular flexibility index (Phi) is 3.09. The first-order valence-corrected chi connectivity index (χ1v) is 5.13. The summed E-state index contributed by atoms with van der Waals surface area (Å²) in [5.41, 5.74) is 0. The van der Waals surface area contributed by atoms with Gasteiger partial charge in [-0.05, 0) is 36.5 Å². The van der Waals surface area contributed by atoms with Gasteiger partial charge in [-0.1, -0.05) is 0 Å². The van der Waals surface area contributed by atoms with Crippen molar-refractivity contribution in [3.8, 4) is 5.75 Å². The highest BCUT2D eigenvalue weighted by Crippen LogP contribution is 2.15. The van der Waals surface area contributed by atoms with Crippen molar-refractivity contribution in [3.05, 3.63) is 30.1 Å². The first kappa shape index (κ1) is 10.9. The van der Waals surface area contributed by atoms with Crippen LogP contribution in [0.2, 0.25) is 0 Å². The average Bonchev–Trinajstić information content (AvgIpc) is 2.60. The molecule has 1 heterocycles. The van der Waals surface area contributed by atoms with Gasteiger partial charge in [0.1, 0.15) is 18.2 Å². The first-order valence-electron chi connectivity index (χ1n) is 4.73. The monoisotopic (exact) mass is 239 g/mol. The zero-order valence-corrected chi connectivity index (χ0v) is 9.45. The van der Waals surface area contributed by atoms with Gasteiger partial charge in [-0.15, -0.1) is 5.11 Å². The number of rotatable bonds is 3. The molecule has 1 aromatic carbocycles. The number of hydrogen-bond acceptors (Lipinski definition) is 3. The van der Waals surface area contributed by atoms with Crippen LogP contribution in [0.3, 0.4) is 0 Å². The topological polar surface area (TPSA) is 37.2 Å². The van der Waals surface area contributed by atoms with E-state index in [1.807, 2.05) is 0 Å². The van der Waals surface area contributed by atoms with Gasteiger partial charge in [0, 0.05) is 7.05 Å². The maximum absolute atomic E-state index is 12.6. The second-order valence-corrected chi connectivity index (χ2v) is 3.72. The summed E-state index contributed by atoms with van der Waals surface area (Å²) in [6, 6.07) is 5.83. The smallest absolute Gasteiger partial charge is 0.217 e. The van der Waals surface area contributed by atoms with Gasteiger partial charge in [-0.25, -0.2) is 4.39 Å². The number of nitrogens with zero attached hydrogens (tertiary/aromatic N) is 3. The summed E-state index contributed by atoms with van der Waals surface area (Å²) in [6.07, 6.45) is -0.197. The van der Waals surface area contributed by atoms with E-state index in [0.717, 1.165) is 0 Å². The molecule has 0 N–H and O–H groups in total. The summed E-state index contributed by atoms with van der Waals surface area (Å²) in [5.74, 6) is 0.314. The van der Waals surface area contributed by atoms with Gasteiger partial charge in [-0.3, -0.25) is 0 Å². The second kappa shape index (κ2) is 4.52. The molecule has 6 heteroatoms. The Hall–Kier alpha value is -1.56. The molecule has 4 nitrogen and oxygen atoms in total. The van der Waals surface area contributed by atoms with Gasteiger partial charge in [0.05, 0.1) is 0 Å². The minimum absolute atomic E-state index is 0.197. The number of thiocarbonyl (C=S) groups is 1. The van der Waals surface area contributed by atoms with E-state index >= 15 is 0 Å². The van der Waals surface area contributed by atoms with Crippen LogP contribution >= 0.6 is 12.2 Å². The van der Waals surface area contributed by atoms with Crippen LogP contribution in [0.5, 0.6) is 5.75 Å². The van der Waals surface area contributed by atoms with E-state index in [2.05, 4.69) is 10.2 Å². The highest BCUT2D eigenvalue weighted by atomic mass is 32.1. The quantitative estimate of drug-likeness (QED) is 0.759. The fourth-order valence-electron chi connectivity index (χ4n) is 1.24. The van der Waals surface area contributed by atoms with Crippen molar-refractivity contribution in [3.63, 3.8) is 0 Å². The molecule has 0 bridgehead atoms. The molecule has 1 atom stereocenters. The highest BCUT2D eigenvalue weighted by molar-refractivity contribution is 7.80. The lowest BCUT2D eigenvalue weighted by Gasteiger charge is -2.17. The summed E-state index contributed by atoms with van der Waals surface area (Å²) >= 11 is 4.93. The Morgan fingerprint density at radius 1 is 1.44 bits per heavy atom. The van der Waals surface area contributed by atoms with E-state index in [-0.39, 0.29) is 12.0 Å². The Morgan fingerprint density at radius 2 is 2.12 bits per heavy atom. The number of halogens is 1. The van der Waals surface area contributed by atoms with Crippen molar-refractivity contribution in [1.82, 2.24) is 4.90 Å². The van der Waals surface area contributed by atoms with Gasteiger partial charge in [0.2, 0.25) is 5.11 Å². The van der Waals surface area contributed by atoms with Crippen molar-refractivity contribution in [2.45, 2.75) is 6.17 Å². The van der Waals surface area contributed by atoms with Gasteiger partial charge >= 0.3 is 0 Å². The molecule has 84 valence electrons. The summed E-state index contributed by atoms with van der Waals surface area (Å²) in [4.78, 5) is 1.75. The third kappa shape index (κ3) is 2.33. The molecule has 0 spiro atoms. The number of azo groups is 1. The lowest BCUT2D eigenvalue weighted by Crippen LogP contribution is -2.33. The molecule has 1 aliphatic heterocycles. The van der Waals surface area contributed by atoms with Gasteiger partial charge < -0.3 is 9.64 Å². The minimum Gasteiger partial charge on any atom is -0.489 e. The van der Waals surface area contributed by atoms with Crippen LogP contribution in [-0.4, -0.2) is 29.8 Å². The third-order valence-corrected chi connectivity index (χ3v) is 2.61. The van der Waals surface area contributed by atoms with Crippen LogP contribution in [0.25, 0.3) is 0 Å². The minimum atomic E-state index is -0.286. The summed E-state index contributed by atoms with van der Waals surface area (Å²) < 4.78 is 18.1. The zero-order valence-electron chi connectivity index (χ0n) is 8.63. The Bertz CT molecular complexity index is 421. The number of ether oxygens (including phenoxy) is 1. The molecule has 16 heavy (non-hydrogen) atoms. The van der Waals surface area contributed by atoms with Crippen molar-refractivity contribution in [2.24, 2.45) is 10.2 Å². The van der Waals surface area contributed by atoms with E-state index in [1.54, 1.807) is 24.1 Å². The lowest BCUT2D eigenvalue weighted by molar-refractivity contribution is 0.228. The second-order valence-electron chi connectivity index (χ2n) is 3.35. The molecular formula is C10H10FN3OS. The van der Waals surface area contributed by atoms with E-state index in [0.29, 0.717) is 17.5 Å². The molecule has 0 saturated heterocycles. The molecule has 1 aromatic rings. The van der Waals surface area contributed by atoms with Gasteiger partial charge in [0.15, 0.2) is 6.17 Å². The molecule has 2 rings (SSSR count). The molecule has 0 fully saturated rings. The van der Waals surface area contributed by atoms with Crippen LogP contribution in [0, 0.1) is 5.82 Å². The average molecular weight is 239 g/mol. The van der Waals surface area contributed by atoms with E-state index in [4.69, 9.17) is 17.0 Å². The maximum Gasteiger partial charge on any atom is 0.217 e. The zero-order chi connectivity index (χ0) is 11.5. The van der Waals surface area contributed by atoms with Gasteiger partial charge in [0.25, 0.3) is 0 Å². The van der Waals surface area contributed by atoms with Crippen molar-refractivity contribution in [2.75, 3.05) is 13.7 Å². The molecule has 0 aromatic heterocycles. The van der Waals surface area contributed by atoms with Crippen LogP contribution in [0.15, 0.2) is 34.5 Å². The standard InChI is InChI=1S/C10H10FN3OS/c1-14-9(12-13-10(14)16)6-15-8-4-2-7(11)3-5-8/h2-5,9H,6H2,1H3. The number of likely N-dealkylation sites (N-methyl/N-ethyl adjacent to an activating group) is 1. The lowest BCUT2D eigenvalue weighted by atomic mass is 10.3. The highest BCUT2D eigenvalue weighted by Gasteiger charge is 2.22. The Labute approximate surface area is 97.7 Å². The van der Waals surface area contributed by atoms with Crippen molar-refractivity contribution in [1.29, 1.82) is 0 Å². The molecule has 0 saturated carbocycles. The number of benzene rings is 1. The SMILES string of the molecule is CN1C(=S)N=NC1COc1ccc(F)cc1. The predicted octanol–water partition coefficient (Wildman–Crippen LogP) is 2.21. The van der Waals surface area contributed by atoms with Gasteiger partial charge in [-0.2, -0.15) is 5.11 Å². The normalized spacial score (nSPS) is 19.2. The van der Waals surface area contributed by atoms with Crippen molar-refractivity contribution >= 4 is 17.3 Å². The third-order valence-electron chi connectivity index (χ3n) is 2.24. The number of hydrogen-bond donors (Lipinski definition) is 0. The summed E-state index contributed by atoms with van der Waals surface area (Å²) in [5, 5.41) is 8.16. The predicted molar refractivity (Wildman–Crippen MR) is 60.9 cm³/mol. The summed E-state index contributed by atoms with van der Waals surface area (Å²) in [6.45, 7) is 0.339. The summed E-state index contributed by atoms with van der Waals surface area (Å²) in [7, 11) is 1.81. The van der Waals surface area contributed by atoms with Crippen LogP contribution in [0.1, 0.15) is 0 Å². The Morgan fingerprint density at radius 3 is 2.69 bits per heavy atom. The van der Waals surface area contributed by atoms with Crippen LogP contribution in [-0.2, 0) is 0 Å². The Balaban J connectivity index is 1.91.